The first-order valence-corrected chi connectivity index (χ1v) is 12.0. The first-order valence-electron chi connectivity index (χ1n) is 10.3. The first kappa shape index (κ1) is 23.2. The van der Waals surface area contributed by atoms with Crippen molar-refractivity contribution < 1.29 is 20.1 Å². The number of aromatic nitrogens is 3. The second-order valence-corrected chi connectivity index (χ2v) is 9.54. The van der Waals surface area contributed by atoms with E-state index in [-0.39, 0.29) is 20.1 Å². The first-order chi connectivity index (χ1) is 15.8. The Hall–Kier alpha value is -2.94. The van der Waals surface area contributed by atoms with Crippen LogP contribution in [0.2, 0.25) is 0 Å². The van der Waals surface area contributed by atoms with Gasteiger partial charge >= 0.3 is 122 Å². The molecule has 0 aliphatic rings. The average Bonchev–Trinajstić information content (AvgIpc) is 3.24. The number of hydrogen-bond donors (Lipinski definition) is 0. The summed E-state index contributed by atoms with van der Waals surface area (Å²) in [6, 6.07) is 29.6. The molecular weight excluding hydrogens is 650 g/mol. The van der Waals surface area contributed by atoms with Gasteiger partial charge in [0, 0.05) is 26.3 Å². The van der Waals surface area contributed by atoms with E-state index in [0.717, 1.165) is 28.1 Å². The zero-order valence-electron chi connectivity index (χ0n) is 17.8. The number of pyridine rings is 3. The van der Waals surface area contributed by atoms with Crippen LogP contribution in [0.1, 0.15) is 5.56 Å². The van der Waals surface area contributed by atoms with Crippen molar-refractivity contribution in [2.45, 2.75) is 6.92 Å². The zero-order valence-corrected chi connectivity index (χ0v) is 21.9. The van der Waals surface area contributed by atoms with Crippen LogP contribution >= 0.6 is 0 Å². The van der Waals surface area contributed by atoms with Crippen LogP contribution in [0.5, 0.6) is 0 Å². The summed E-state index contributed by atoms with van der Waals surface area (Å²) < 4.78 is 2.81. The molecule has 4 heterocycles. The molecule has 6 aromatic rings. The Kier molecular flexibility index (Phi) is 7.59. The molecule has 163 valence electrons. The molecule has 0 atom stereocenters. The van der Waals surface area contributed by atoms with E-state index in [1.807, 2.05) is 54.7 Å². The summed E-state index contributed by atoms with van der Waals surface area (Å²) in [6.45, 7) is 2.07. The SMILES string of the molecule is Cc1ccn[c-]c1-c1cc2c(cn1)[se]c1ccccc12.[Ir].[c-]1ccccc1-c1ccccn1. The van der Waals surface area contributed by atoms with E-state index in [2.05, 4.69) is 64.5 Å². The van der Waals surface area contributed by atoms with Crippen LogP contribution in [0.15, 0.2) is 97.5 Å². The second-order valence-electron chi connectivity index (χ2n) is 7.27. The topological polar surface area (TPSA) is 38.7 Å². The van der Waals surface area contributed by atoms with Crippen LogP contribution in [-0.2, 0) is 20.1 Å². The summed E-state index contributed by atoms with van der Waals surface area (Å²) >= 11 is 0.380. The minimum Gasteiger partial charge on any atom is -0.305 e. The predicted molar refractivity (Wildman–Crippen MR) is 132 cm³/mol. The molecule has 0 spiro atoms. The molecule has 0 N–H and O–H groups in total. The number of fused-ring (bicyclic) bond motifs is 3. The Morgan fingerprint density at radius 1 is 0.758 bits per heavy atom. The predicted octanol–water partition coefficient (Wildman–Crippen LogP) is 6.16. The normalized spacial score (nSPS) is 10.3. The fourth-order valence-corrected chi connectivity index (χ4v) is 5.74. The van der Waals surface area contributed by atoms with Gasteiger partial charge in [0.05, 0.1) is 0 Å². The molecule has 3 nitrogen and oxygen atoms in total. The molecule has 5 heteroatoms. The monoisotopic (exact) mass is 670 g/mol. The summed E-state index contributed by atoms with van der Waals surface area (Å²) in [4.78, 5) is 12.9. The minimum absolute atomic E-state index is 0. The van der Waals surface area contributed by atoms with Crippen LogP contribution in [0.4, 0.5) is 0 Å². The van der Waals surface area contributed by atoms with Crippen molar-refractivity contribution in [3.63, 3.8) is 0 Å². The molecule has 6 rings (SSSR count). The summed E-state index contributed by atoms with van der Waals surface area (Å²) in [5, 5.41) is 2.68. The molecule has 2 aromatic carbocycles. The van der Waals surface area contributed by atoms with E-state index < -0.39 is 0 Å². The minimum atomic E-state index is 0. The van der Waals surface area contributed by atoms with E-state index in [1.165, 1.54) is 19.3 Å². The largest absolute Gasteiger partial charge is 0.305 e. The summed E-state index contributed by atoms with van der Waals surface area (Å²) in [6.07, 6.45) is 8.64. The smallest absolute Gasteiger partial charge is 0.0160 e. The van der Waals surface area contributed by atoms with Gasteiger partial charge in [-0.15, -0.1) is 35.9 Å². The molecule has 0 fully saturated rings. The maximum atomic E-state index is 4.61. The van der Waals surface area contributed by atoms with E-state index in [0.29, 0.717) is 14.5 Å². The van der Waals surface area contributed by atoms with Gasteiger partial charge in [-0.05, 0) is 11.8 Å². The molecule has 0 aliphatic heterocycles. The van der Waals surface area contributed by atoms with Gasteiger partial charge in [-0.2, -0.15) is 0 Å². The molecule has 0 aliphatic carbocycles. The van der Waals surface area contributed by atoms with Gasteiger partial charge in [0.1, 0.15) is 0 Å². The Balaban J connectivity index is 0.000000172. The molecule has 0 bridgehead atoms. The second kappa shape index (κ2) is 10.8. The number of benzene rings is 2. The van der Waals surface area contributed by atoms with Crippen molar-refractivity contribution in [1.82, 2.24) is 15.0 Å². The third-order valence-electron chi connectivity index (χ3n) is 5.14. The summed E-state index contributed by atoms with van der Waals surface area (Å²) in [7, 11) is 0. The van der Waals surface area contributed by atoms with Gasteiger partial charge < -0.3 is 4.98 Å². The van der Waals surface area contributed by atoms with Crippen molar-refractivity contribution in [3.8, 4) is 22.5 Å². The number of hydrogen-bond acceptors (Lipinski definition) is 3. The molecule has 0 saturated carbocycles. The molecule has 4 aromatic heterocycles. The van der Waals surface area contributed by atoms with Crippen LogP contribution in [-0.4, -0.2) is 29.5 Å². The number of aryl methyl sites for hydroxylation is 1. The summed E-state index contributed by atoms with van der Waals surface area (Å²) in [5.74, 6) is 0. The van der Waals surface area contributed by atoms with Crippen molar-refractivity contribution in [3.05, 3.63) is 115 Å². The van der Waals surface area contributed by atoms with E-state index in [9.17, 15) is 0 Å². The third kappa shape index (κ3) is 5.18. The molecular formula is C28H19IrN3Se-2. The number of nitrogens with zero attached hydrogens (tertiary/aromatic N) is 3. The van der Waals surface area contributed by atoms with E-state index in [1.54, 1.807) is 12.4 Å². The van der Waals surface area contributed by atoms with Crippen LogP contribution in [0.25, 0.3) is 41.8 Å². The maximum Gasteiger partial charge on any atom is 0.0160 e. The molecule has 33 heavy (non-hydrogen) atoms. The maximum absolute atomic E-state index is 4.61. The van der Waals surface area contributed by atoms with Crippen molar-refractivity contribution >= 4 is 33.8 Å². The van der Waals surface area contributed by atoms with Crippen LogP contribution < -0.4 is 0 Å². The van der Waals surface area contributed by atoms with Crippen molar-refractivity contribution in [2.24, 2.45) is 0 Å². The Bertz CT molecular complexity index is 1440. The fourth-order valence-electron chi connectivity index (χ4n) is 3.52. The molecule has 0 unspecified atom stereocenters. The molecule has 0 amide bonds. The van der Waals surface area contributed by atoms with Gasteiger partial charge in [0.15, 0.2) is 0 Å². The zero-order chi connectivity index (χ0) is 21.8. The molecule has 0 saturated heterocycles. The third-order valence-corrected chi connectivity index (χ3v) is 7.49. The summed E-state index contributed by atoms with van der Waals surface area (Å²) in [5.41, 5.74) is 5.12. The fraction of sp³-hybridized carbons (Fsp3) is 0.0357. The molecule has 1 radical (unpaired) electrons. The van der Waals surface area contributed by atoms with E-state index in [4.69, 9.17) is 0 Å². The van der Waals surface area contributed by atoms with Crippen LogP contribution in [0, 0.1) is 19.2 Å². The van der Waals surface area contributed by atoms with Gasteiger partial charge in [-0.1, -0.05) is 12.1 Å². The van der Waals surface area contributed by atoms with Crippen molar-refractivity contribution in [1.29, 1.82) is 0 Å². The Labute approximate surface area is 212 Å². The van der Waals surface area contributed by atoms with Gasteiger partial charge in [-0.25, -0.2) is 0 Å². The van der Waals surface area contributed by atoms with Gasteiger partial charge in [0.25, 0.3) is 0 Å². The number of rotatable bonds is 2. The van der Waals surface area contributed by atoms with Gasteiger partial charge in [-0.3, -0.25) is 0 Å². The van der Waals surface area contributed by atoms with Crippen LogP contribution in [0.3, 0.4) is 0 Å². The Morgan fingerprint density at radius 2 is 1.61 bits per heavy atom. The van der Waals surface area contributed by atoms with E-state index >= 15 is 0 Å². The van der Waals surface area contributed by atoms with Crippen molar-refractivity contribution in [2.75, 3.05) is 0 Å². The average molecular weight is 669 g/mol. The van der Waals surface area contributed by atoms with Gasteiger partial charge in [0.2, 0.25) is 0 Å². The Morgan fingerprint density at radius 3 is 2.39 bits per heavy atom. The standard InChI is InChI=1S/C17H11N2Se.C11H8N.Ir/c1-11-6-7-18-9-14(11)15-8-13-12-4-2-3-5-16(12)20-17(13)10-19-15;1-2-6-10(7-3-1)11-8-4-5-9-12-11;/h2-8,10H,1H3;1-6,8-9H;/q2*-1;. The quantitative estimate of drug-likeness (QED) is 0.164.